The maximum absolute atomic E-state index is 14.2. The van der Waals surface area contributed by atoms with Crippen molar-refractivity contribution >= 4 is 31.3 Å². The van der Waals surface area contributed by atoms with Gasteiger partial charge >= 0.3 is 13.1 Å². The smallest absolute Gasteiger partial charge is 0.465 e. The fourth-order valence-corrected chi connectivity index (χ4v) is 3.25. The second kappa shape index (κ2) is 7.36. The Morgan fingerprint density at radius 2 is 1.96 bits per heavy atom. The van der Waals surface area contributed by atoms with Gasteiger partial charge in [0, 0.05) is 16.6 Å². The Balaban J connectivity index is 2.88. The molecular formula is C17H23BFNO4. The van der Waals surface area contributed by atoms with E-state index in [2.05, 4.69) is 6.58 Å². The first-order valence-corrected chi connectivity index (χ1v) is 8.01. The van der Waals surface area contributed by atoms with Crippen LogP contribution in [-0.4, -0.2) is 34.8 Å². The third-order valence-corrected chi connectivity index (χ3v) is 4.46. The number of ether oxygens (including phenoxy) is 1. The van der Waals surface area contributed by atoms with Crippen molar-refractivity contribution in [2.24, 2.45) is 0 Å². The van der Waals surface area contributed by atoms with E-state index in [1.807, 2.05) is 0 Å². The molecule has 1 aromatic rings. The average Bonchev–Trinajstić information content (AvgIpc) is 3.13. The Kier molecular flexibility index (Phi) is 5.67. The molecule has 0 spiro atoms. The van der Waals surface area contributed by atoms with Crippen LogP contribution in [0.25, 0.3) is 12.7 Å². The van der Waals surface area contributed by atoms with Gasteiger partial charge in [-0.2, -0.15) is 0 Å². The van der Waals surface area contributed by atoms with Crippen LogP contribution in [0.15, 0.2) is 11.4 Å². The summed E-state index contributed by atoms with van der Waals surface area (Å²) in [5.74, 6) is -1.24. The molecule has 24 heavy (non-hydrogen) atoms. The van der Waals surface area contributed by atoms with Crippen LogP contribution in [0.4, 0.5) is 4.39 Å². The summed E-state index contributed by atoms with van der Waals surface area (Å²) in [4.78, 5) is 12.2. The minimum Gasteiger partial charge on any atom is -0.465 e. The highest BCUT2D eigenvalue weighted by Crippen LogP contribution is 2.27. The first-order valence-electron chi connectivity index (χ1n) is 8.01. The Bertz CT molecular complexity index is 771. The van der Waals surface area contributed by atoms with Gasteiger partial charge in [0.1, 0.15) is 5.83 Å². The molecule has 130 valence electrons. The van der Waals surface area contributed by atoms with Crippen molar-refractivity contribution in [1.29, 1.82) is 0 Å². The van der Waals surface area contributed by atoms with Gasteiger partial charge in [0.25, 0.3) is 0 Å². The quantitative estimate of drug-likeness (QED) is 0.622. The highest BCUT2D eigenvalue weighted by Gasteiger charge is 2.32. The second-order valence-electron chi connectivity index (χ2n) is 6.29. The number of nitrogens with zero attached hydrogens (tertiary/aromatic N) is 1. The fourth-order valence-electron chi connectivity index (χ4n) is 3.25. The lowest BCUT2D eigenvalue weighted by molar-refractivity contribution is 0.0600. The monoisotopic (exact) mass is 335 g/mol. The predicted molar refractivity (Wildman–Crippen MR) is 91.8 cm³/mol. The van der Waals surface area contributed by atoms with Crippen molar-refractivity contribution in [1.82, 2.24) is 4.57 Å². The number of hydrogen-bond donors (Lipinski definition) is 2. The zero-order valence-electron chi connectivity index (χ0n) is 14.3. The molecule has 0 atom stereocenters. The largest absolute Gasteiger partial charge is 0.506 e. The summed E-state index contributed by atoms with van der Waals surface area (Å²) in [7, 11) is -0.677. The topological polar surface area (TPSA) is 71.7 Å². The molecule has 1 fully saturated rings. The van der Waals surface area contributed by atoms with E-state index >= 15 is 0 Å². The number of rotatable bonds is 4. The van der Waals surface area contributed by atoms with Crippen LogP contribution in [0.1, 0.15) is 55.9 Å². The first-order chi connectivity index (χ1) is 11.3. The molecule has 0 aromatic carbocycles. The van der Waals surface area contributed by atoms with Gasteiger partial charge in [0.15, 0.2) is 0 Å². The number of carbonyl (C=O) groups is 1. The molecule has 1 saturated carbocycles. The van der Waals surface area contributed by atoms with Gasteiger partial charge in [-0.15, -0.1) is 0 Å². The molecule has 2 rings (SSSR count). The molecule has 5 nitrogen and oxygen atoms in total. The maximum Gasteiger partial charge on any atom is 0.506 e. The highest BCUT2D eigenvalue weighted by molar-refractivity contribution is 6.59. The lowest BCUT2D eigenvalue weighted by Gasteiger charge is -2.17. The predicted octanol–water partition coefficient (Wildman–Crippen LogP) is 0.524. The number of aromatic nitrogens is 1. The summed E-state index contributed by atoms with van der Waals surface area (Å²) in [5, 5.41) is 20.3. The van der Waals surface area contributed by atoms with Gasteiger partial charge in [-0.05, 0) is 38.3 Å². The molecule has 1 aliphatic carbocycles. The molecule has 0 amide bonds. The average molecular weight is 335 g/mol. The van der Waals surface area contributed by atoms with Gasteiger partial charge in [0.2, 0.25) is 0 Å². The molecule has 2 N–H and O–H groups in total. The van der Waals surface area contributed by atoms with Gasteiger partial charge in [0.05, 0.1) is 18.3 Å². The van der Waals surface area contributed by atoms with Crippen molar-refractivity contribution in [2.45, 2.75) is 45.6 Å². The van der Waals surface area contributed by atoms with E-state index < -0.39 is 18.9 Å². The van der Waals surface area contributed by atoms with Crippen LogP contribution in [-0.2, 0) is 4.74 Å². The van der Waals surface area contributed by atoms with Crippen molar-refractivity contribution in [3.05, 3.63) is 27.5 Å². The summed E-state index contributed by atoms with van der Waals surface area (Å²) < 4.78 is 20.6. The van der Waals surface area contributed by atoms with E-state index in [9.17, 15) is 19.2 Å². The SMILES string of the molecule is C=c1/c(=C\C(F)=C(C)C)c(C(=O)OC)c(B(O)O)n1C1CCCC1. The normalized spacial score (nSPS) is 15.7. The van der Waals surface area contributed by atoms with Crippen LogP contribution in [0.3, 0.4) is 0 Å². The number of carbonyl (C=O) groups excluding carboxylic acids is 1. The Hall–Kier alpha value is -1.86. The lowest BCUT2D eigenvalue weighted by atomic mass is 9.82. The fraction of sp³-hybridized carbons (Fsp3) is 0.471. The molecule has 1 aromatic heterocycles. The van der Waals surface area contributed by atoms with E-state index in [4.69, 9.17) is 4.74 Å². The number of methoxy groups -OCH3 is 1. The molecule has 0 radical (unpaired) electrons. The Morgan fingerprint density at radius 1 is 1.38 bits per heavy atom. The summed E-state index contributed by atoms with van der Waals surface area (Å²) in [5.41, 5.74) is 0.428. The van der Waals surface area contributed by atoms with Gasteiger partial charge in [-0.25, -0.2) is 9.18 Å². The van der Waals surface area contributed by atoms with Crippen LogP contribution in [0.5, 0.6) is 0 Å². The number of halogens is 1. The van der Waals surface area contributed by atoms with Crippen LogP contribution < -0.4 is 16.2 Å². The summed E-state index contributed by atoms with van der Waals surface area (Å²) in [6.45, 7) is 7.20. The van der Waals surface area contributed by atoms with E-state index in [0.717, 1.165) is 25.7 Å². The molecule has 0 saturated heterocycles. The van der Waals surface area contributed by atoms with Crippen molar-refractivity contribution < 1.29 is 24.0 Å². The zero-order chi connectivity index (χ0) is 18.0. The summed E-state index contributed by atoms with van der Waals surface area (Å²) in [6, 6.07) is 0.00891. The molecular weight excluding hydrogens is 312 g/mol. The van der Waals surface area contributed by atoms with Crippen molar-refractivity contribution in [3.8, 4) is 0 Å². The molecule has 7 heteroatoms. The Labute approximate surface area is 140 Å². The number of allylic oxidation sites excluding steroid dienone is 2. The molecule has 1 heterocycles. The van der Waals surface area contributed by atoms with Crippen molar-refractivity contribution in [2.75, 3.05) is 7.11 Å². The standard InChI is InChI=1S/C17H23BFNO4/c1-10(2)14(19)9-13-11(3)20(12-7-5-6-8-12)16(18(22)23)15(13)17(21)24-4/h9,12,22-23H,3,5-8H2,1-2,4H3/b13-9+. The third-order valence-electron chi connectivity index (χ3n) is 4.46. The minimum absolute atomic E-state index is 0.00891. The molecule has 1 aliphatic rings. The Morgan fingerprint density at radius 3 is 2.42 bits per heavy atom. The van der Waals surface area contributed by atoms with E-state index in [1.54, 1.807) is 18.4 Å². The third kappa shape index (κ3) is 3.32. The van der Waals surface area contributed by atoms with Gasteiger partial charge in [-0.1, -0.05) is 19.4 Å². The molecule has 0 bridgehead atoms. The molecule has 0 unspecified atom stereocenters. The van der Waals surface area contributed by atoms with E-state index in [0.29, 0.717) is 10.9 Å². The van der Waals surface area contributed by atoms with E-state index in [-0.39, 0.29) is 22.4 Å². The molecule has 0 aliphatic heterocycles. The van der Waals surface area contributed by atoms with Crippen LogP contribution >= 0.6 is 0 Å². The highest BCUT2D eigenvalue weighted by atomic mass is 19.1. The minimum atomic E-state index is -1.88. The number of esters is 1. The van der Waals surface area contributed by atoms with Crippen LogP contribution in [0, 0.1) is 0 Å². The zero-order valence-corrected chi connectivity index (χ0v) is 14.3. The second-order valence-corrected chi connectivity index (χ2v) is 6.29. The maximum atomic E-state index is 14.2. The van der Waals surface area contributed by atoms with Crippen LogP contribution in [0.2, 0.25) is 0 Å². The summed E-state index contributed by atoms with van der Waals surface area (Å²) in [6.07, 6.45) is 4.93. The summed E-state index contributed by atoms with van der Waals surface area (Å²) >= 11 is 0. The first kappa shape index (κ1) is 18.5. The lowest BCUT2D eigenvalue weighted by Crippen LogP contribution is -2.43. The van der Waals surface area contributed by atoms with E-state index in [1.165, 1.54) is 13.2 Å². The van der Waals surface area contributed by atoms with Gasteiger partial charge < -0.3 is 19.4 Å². The van der Waals surface area contributed by atoms with Crippen molar-refractivity contribution in [3.63, 3.8) is 0 Å². The number of hydrogen-bond acceptors (Lipinski definition) is 4. The van der Waals surface area contributed by atoms with Gasteiger partial charge in [-0.3, -0.25) is 0 Å².